The van der Waals surface area contributed by atoms with Crippen LogP contribution in [0.5, 0.6) is 0 Å². The fourth-order valence-electron chi connectivity index (χ4n) is 7.49. The molecule has 0 saturated heterocycles. The van der Waals surface area contributed by atoms with Gasteiger partial charge < -0.3 is 9.47 Å². The van der Waals surface area contributed by atoms with E-state index < -0.39 is 0 Å². The predicted octanol–water partition coefficient (Wildman–Crippen LogP) is 13.4. The van der Waals surface area contributed by atoms with Gasteiger partial charge in [-0.3, -0.25) is 0 Å². The lowest BCUT2D eigenvalue weighted by Gasteiger charge is -2.27. The van der Waals surface area contributed by atoms with Gasteiger partial charge in [0, 0.05) is 48.0 Å². The van der Waals surface area contributed by atoms with Gasteiger partial charge in [0.15, 0.2) is 0 Å². The molecular formula is C46H30N2S. The summed E-state index contributed by atoms with van der Waals surface area (Å²) < 4.78 is 4.99. The van der Waals surface area contributed by atoms with Crippen LogP contribution in [0.3, 0.4) is 0 Å². The van der Waals surface area contributed by atoms with Gasteiger partial charge in [0.25, 0.3) is 0 Å². The number of thiophene rings is 1. The molecular weight excluding hydrogens is 613 g/mol. The first kappa shape index (κ1) is 27.9. The molecule has 2 heterocycles. The first-order chi connectivity index (χ1) is 24.3. The number of rotatable bonds is 5. The van der Waals surface area contributed by atoms with E-state index in [-0.39, 0.29) is 0 Å². The molecule has 0 bridgehead atoms. The molecule has 0 radical (unpaired) electrons. The largest absolute Gasteiger partial charge is 0.310 e. The minimum absolute atomic E-state index is 1.12. The second-order valence-electron chi connectivity index (χ2n) is 12.6. The summed E-state index contributed by atoms with van der Waals surface area (Å²) in [5.41, 5.74) is 9.38. The summed E-state index contributed by atoms with van der Waals surface area (Å²) >= 11 is 1.87. The Kier molecular flexibility index (Phi) is 6.39. The molecule has 10 rings (SSSR count). The molecule has 2 nitrogen and oxygen atoms in total. The van der Waals surface area contributed by atoms with Gasteiger partial charge in [-0.25, -0.2) is 0 Å². The molecule has 0 aliphatic heterocycles. The Morgan fingerprint density at radius 1 is 0.408 bits per heavy atom. The number of nitrogens with zero attached hydrogens (tertiary/aromatic N) is 2. The van der Waals surface area contributed by atoms with Gasteiger partial charge in [-0.1, -0.05) is 115 Å². The number of hydrogen-bond acceptors (Lipinski definition) is 2. The van der Waals surface area contributed by atoms with E-state index in [0.717, 1.165) is 17.1 Å². The second kappa shape index (κ2) is 11.2. The second-order valence-corrected chi connectivity index (χ2v) is 13.7. The Morgan fingerprint density at radius 3 is 1.88 bits per heavy atom. The summed E-state index contributed by atoms with van der Waals surface area (Å²) in [6.45, 7) is 0. The maximum atomic E-state index is 2.45. The number of hydrogen-bond donors (Lipinski definition) is 0. The number of benzene rings is 8. The van der Waals surface area contributed by atoms with E-state index in [1.54, 1.807) is 0 Å². The van der Waals surface area contributed by atoms with E-state index in [1.165, 1.54) is 69.6 Å². The highest BCUT2D eigenvalue weighted by molar-refractivity contribution is 7.26. The molecule has 0 N–H and O–H groups in total. The molecule has 230 valence electrons. The van der Waals surface area contributed by atoms with Gasteiger partial charge >= 0.3 is 0 Å². The average molecular weight is 643 g/mol. The van der Waals surface area contributed by atoms with Crippen LogP contribution < -0.4 is 4.90 Å². The van der Waals surface area contributed by atoms with E-state index in [1.807, 2.05) is 11.3 Å². The molecule has 0 unspecified atom stereocenters. The van der Waals surface area contributed by atoms with E-state index in [4.69, 9.17) is 0 Å². The lowest BCUT2D eigenvalue weighted by atomic mass is 10.0. The first-order valence-electron chi connectivity index (χ1n) is 16.7. The Morgan fingerprint density at radius 2 is 1.06 bits per heavy atom. The van der Waals surface area contributed by atoms with Crippen molar-refractivity contribution in [2.75, 3.05) is 4.90 Å². The summed E-state index contributed by atoms with van der Waals surface area (Å²) in [5.74, 6) is 0. The number of aromatic nitrogens is 1. The fraction of sp³-hybridized carbons (Fsp3) is 0. The van der Waals surface area contributed by atoms with Crippen molar-refractivity contribution >= 4 is 81.1 Å². The molecule has 0 spiro atoms. The van der Waals surface area contributed by atoms with Gasteiger partial charge in [-0.15, -0.1) is 11.3 Å². The van der Waals surface area contributed by atoms with Crippen LogP contribution in [0, 0.1) is 0 Å². The van der Waals surface area contributed by atoms with Crippen LogP contribution in [0.2, 0.25) is 0 Å². The lowest BCUT2D eigenvalue weighted by molar-refractivity contribution is 1.18. The molecule has 0 fully saturated rings. The monoisotopic (exact) mass is 642 g/mol. The van der Waals surface area contributed by atoms with Crippen molar-refractivity contribution in [2.45, 2.75) is 0 Å². The van der Waals surface area contributed by atoms with E-state index in [2.05, 4.69) is 191 Å². The Hall–Kier alpha value is -6.16. The summed E-state index contributed by atoms with van der Waals surface area (Å²) in [6.07, 6.45) is 0. The maximum Gasteiger partial charge on any atom is 0.0561 e. The number of para-hydroxylation sites is 2. The molecule has 0 aliphatic carbocycles. The van der Waals surface area contributed by atoms with E-state index in [9.17, 15) is 0 Å². The van der Waals surface area contributed by atoms with Crippen LogP contribution in [0.15, 0.2) is 182 Å². The van der Waals surface area contributed by atoms with E-state index in [0.29, 0.717) is 0 Å². The zero-order valence-corrected chi connectivity index (χ0v) is 27.4. The fourth-order valence-corrected chi connectivity index (χ4v) is 8.65. The Balaban J connectivity index is 1.25. The van der Waals surface area contributed by atoms with Gasteiger partial charge in [-0.05, 0) is 88.6 Å². The molecule has 8 aromatic carbocycles. The number of anilines is 3. The van der Waals surface area contributed by atoms with Crippen LogP contribution in [-0.2, 0) is 0 Å². The van der Waals surface area contributed by atoms with Crippen LogP contribution in [-0.4, -0.2) is 4.57 Å². The van der Waals surface area contributed by atoms with Crippen LogP contribution in [0.4, 0.5) is 17.1 Å². The maximum absolute atomic E-state index is 2.45. The van der Waals surface area contributed by atoms with Crippen molar-refractivity contribution in [1.82, 2.24) is 4.57 Å². The van der Waals surface area contributed by atoms with Crippen molar-refractivity contribution in [3.63, 3.8) is 0 Å². The normalized spacial score (nSPS) is 11.7. The zero-order chi connectivity index (χ0) is 32.3. The highest BCUT2D eigenvalue weighted by Gasteiger charge is 2.21. The quantitative estimate of drug-likeness (QED) is 0.181. The van der Waals surface area contributed by atoms with Crippen molar-refractivity contribution < 1.29 is 0 Å². The molecule has 0 atom stereocenters. The van der Waals surface area contributed by atoms with Crippen molar-refractivity contribution in [3.8, 4) is 16.8 Å². The third-order valence-corrected chi connectivity index (χ3v) is 10.9. The standard InChI is InChI=1S/C46H30N2S/c1-3-12-31(13-4-1)32-22-24-36(25-23-32)47(42-20-11-21-44-46(42)40-28-33-14-7-8-15-34(33)29-45(40)49-44)37-26-27-39-38-18-9-10-19-41(38)48(43(39)30-37)35-16-5-2-6-17-35/h1-30H. The highest BCUT2D eigenvalue weighted by Crippen LogP contribution is 2.47. The minimum Gasteiger partial charge on any atom is -0.310 e. The molecule has 2 aromatic heterocycles. The van der Waals surface area contributed by atoms with Crippen LogP contribution >= 0.6 is 11.3 Å². The van der Waals surface area contributed by atoms with E-state index >= 15 is 0 Å². The van der Waals surface area contributed by atoms with Crippen molar-refractivity contribution in [2.24, 2.45) is 0 Å². The van der Waals surface area contributed by atoms with Gasteiger partial charge in [-0.2, -0.15) is 0 Å². The van der Waals surface area contributed by atoms with Gasteiger partial charge in [0.05, 0.1) is 16.7 Å². The average Bonchev–Trinajstić information content (AvgIpc) is 3.70. The lowest BCUT2D eigenvalue weighted by Crippen LogP contribution is -2.10. The van der Waals surface area contributed by atoms with Crippen molar-refractivity contribution in [1.29, 1.82) is 0 Å². The Bertz CT molecular complexity index is 2810. The van der Waals surface area contributed by atoms with Crippen LogP contribution in [0.25, 0.3) is 69.6 Å². The summed E-state index contributed by atoms with van der Waals surface area (Å²) in [5, 5.41) is 7.61. The van der Waals surface area contributed by atoms with Gasteiger partial charge in [0.1, 0.15) is 0 Å². The van der Waals surface area contributed by atoms with Gasteiger partial charge in [0.2, 0.25) is 0 Å². The summed E-state index contributed by atoms with van der Waals surface area (Å²) in [6, 6.07) is 66.2. The first-order valence-corrected chi connectivity index (χ1v) is 17.5. The predicted molar refractivity (Wildman–Crippen MR) is 211 cm³/mol. The highest BCUT2D eigenvalue weighted by atomic mass is 32.1. The van der Waals surface area contributed by atoms with Crippen LogP contribution in [0.1, 0.15) is 0 Å². The van der Waals surface area contributed by atoms with Crippen molar-refractivity contribution in [3.05, 3.63) is 182 Å². The topological polar surface area (TPSA) is 8.17 Å². The molecule has 0 saturated carbocycles. The Labute approximate surface area is 288 Å². The number of fused-ring (bicyclic) bond motifs is 7. The summed E-state index contributed by atoms with van der Waals surface area (Å²) in [7, 11) is 0. The summed E-state index contributed by atoms with van der Waals surface area (Å²) in [4.78, 5) is 2.45. The third-order valence-electron chi connectivity index (χ3n) is 9.74. The molecule has 0 amide bonds. The third kappa shape index (κ3) is 4.55. The zero-order valence-electron chi connectivity index (χ0n) is 26.6. The molecule has 10 aromatic rings. The minimum atomic E-state index is 1.12. The molecule has 49 heavy (non-hydrogen) atoms. The molecule has 3 heteroatoms. The SMILES string of the molecule is c1ccc(-c2ccc(N(c3ccc4c5ccccc5n(-c5ccccc5)c4c3)c3cccc4sc5cc6ccccc6cc5c34)cc2)cc1. The molecule has 0 aliphatic rings. The smallest absolute Gasteiger partial charge is 0.0561 e.